The van der Waals surface area contributed by atoms with Gasteiger partial charge in [-0.3, -0.25) is 0 Å². The lowest BCUT2D eigenvalue weighted by molar-refractivity contribution is -0.390. The minimum atomic E-state index is -1.43. The van der Waals surface area contributed by atoms with Gasteiger partial charge in [0.15, 0.2) is 0 Å². The molecule has 1 heterocycles. The summed E-state index contributed by atoms with van der Waals surface area (Å²) in [5, 5.41) is 18.8. The molecule has 0 fully saturated rings. The molecule has 0 radical (unpaired) electrons. The summed E-state index contributed by atoms with van der Waals surface area (Å²) in [6.07, 6.45) is 0.825. The summed E-state index contributed by atoms with van der Waals surface area (Å²) in [7, 11) is 1.20. The number of methoxy groups -OCH3 is 1. The zero-order chi connectivity index (χ0) is 10.7. The van der Waals surface area contributed by atoms with E-state index in [2.05, 4.69) is 14.7 Å². The van der Waals surface area contributed by atoms with Crippen LogP contribution in [0.2, 0.25) is 0 Å². The summed E-state index contributed by atoms with van der Waals surface area (Å²) in [4.78, 5) is 26.6. The lowest BCUT2D eigenvalue weighted by atomic mass is 10.4. The highest BCUT2D eigenvalue weighted by molar-refractivity contribution is 5.88. The van der Waals surface area contributed by atoms with Crippen LogP contribution in [-0.2, 0) is 0 Å². The second-order valence-electron chi connectivity index (χ2n) is 2.15. The maximum atomic E-state index is 10.6. The minimum Gasteiger partial charge on any atom is -0.478 e. The smallest absolute Gasteiger partial charge is 0.386 e. The molecule has 0 atom stereocenters. The monoisotopic (exact) mass is 199 g/mol. The van der Waals surface area contributed by atoms with Gasteiger partial charge in [-0.2, -0.15) is 0 Å². The van der Waals surface area contributed by atoms with E-state index < -0.39 is 22.4 Å². The van der Waals surface area contributed by atoms with Crippen molar-refractivity contribution in [1.82, 2.24) is 9.97 Å². The number of carbonyl (C=O) groups is 1. The third kappa shape index (κ3) is 1.73. The van der Waals surface area contributed by atoms with Crippen molar-refractivity contribution in [3.8, 4) is 5.88 Å². The topological polar surface area (TPSA) is 115 Å². The zero-order valence-electron chi connectivity index (χ0n) is 7.00. The maximum Gasteiger partial charge on any atom is 0.386 e. The first-order valence-electron chi connectivity index (χ1n) is 3.35. The number of hydrogen-bond donors (Lipinski definition) is 1. The molecule has 0 saturated heterocycles. The average molecular weight is 199 g/mol. The van der Waals surface area contributed by atoms with Crippen molar-refractivity contribution in [2.24, 2.45) is 0 Å². The Labute approximate surface area is 77.3 Å². The number of aromatic nitrogens is 2. The number of ether oxygens (including phenoxy) is 1. The molecule has 74 valence electrons. The Kier molecular flexibility index (Phi) is 2.56. The molecule has 0 aliphatic rings. The van der Waals surface area contributed by atoms with Crippen LogP contribution >= 0.6 is 0 Å². The number of carboxylic acid groups (broad SMARTS) is 1. The molecule has 14 heavy (non-hydrogen) atoms. The molecule has 0 aliphatic heterocycles. The Hall–Kier alpha value is -2.25. The first-order valence-corrected chi connectivity index (χ1v) is 3.35. The molecule has 1 aromatic heterocycles. The Morgan fingerprint density at radius 3 is 2.79 bits per heavy atom. The molecule has 0 aromatic carbocycles. The summed E-state index contributed by atoms with van der Waals surface area (Å²) in [6.45, 7) is 0. The minimum absolute atomic E-state index is 0.261. The van der Waals surface area contributed by atoms with Crippen molar-refractivity contribution in [1.29, 1.82) is 0 Å². The first kappa shape index (κ1) is 9.84. The Balaban J connectivity index is 3.27. The molecule has 0 bridgehead atoms. The van der Waals surface area contributed by atoms with E-state index in [1.807, 2.05) is 0 Å². The molecule has 0 spiro atoms. The lowest BCUT2D eigenvalue weighted by Gasteiger charge is -1.98. The molecule has 0 unspecified atom stereocenters. The third-order valence-electron chi connectivity index (χ3n) is 1.31. The van der Waals surface area contributed by atoms with E-state index in [0.29, 0.717) is 0 Å². The molecule has 0 saturated carbocycles. The van der Waals surface area contributed by atoms with E-state index in [9.17, 15) is 14.9 Å². The van der Waals surface area contributed by atoms with Gasteiger partial charge in [-0.1, -0.05) is 0 Å². The van der Waals surface area contributed by atoms with Crippen molar-refractivity contribution in [2.45, 2.75) is 0 Å². The fourth-order valence-electron chi connectivity index (χ4n) is 0.745. The van der Waals surface area contributed by atoms with Gasteiger partial charge in [0.1, 0.15) is 6.20 Å². The summed E-state index contributed by atoms with van der Waals surface area (Å²) in [5.41, 5.74) is -0.582. The predicted octanol–water partition coefficient (Wildman–Crippen LogP) is 0.0916. The van der Waals surface area contributed by atoms with Crippen LogP contribution in [0.4, 0.5) is 5.82 Å². The van der Waals surface area contributed by atoms with Gasteiger partial charge in [-0.05, 0) is 9.91 Å². The molecule has 1 N–H and O–H groups in total. The van der Waals surface area contributed by atoms with Crippen molar-refractivity contribution in [2.75, 3.05) is 7.11 Å². The summed E-state index contributed by atoms with van der Waals surface area (Å²) >= 11 is 0. The van der Waals surface area contributed by atoms with E-state index in [1.54, 1.807) is 0 Å². The van der Waals surface area contributed by atoms with Crippen LogP contribution in [0.25, 0.3) is 0 Å². The molecule has 1 aromatic rings. The average Bonchev–Trinajstić information content (AvgIpc) is 2.16. The molecule has 8 nitrogen and oxygen atoms in total. The normalized spacial score (nSPS) is 9.50. The van der Waals surface area contributed by atoms with Crippen LogP contribution in [0.1, 0.15) is 10.5 Å². The van der Waals surface area contributed by atoms with Gasteiger partial charge in [-0.15, -0.1) is 0 Å². The van der Waals surface area contributed by atoms with Crippen molar-refractivity contribution >= 4 is 11.8 Å². The summed E-state index contributed by atoms with van der Waals surface area (Å²) in [6, 6.07) is 0. The quantitative estimate of drug-likeness (QED) is 0.541. The second kappa shape index (κ2) is 3.64. The van der Waals surface area contributed by atoms with Gasteiger partial charge in [0.2, 0.25) is 0 Å². The number of nitro groups is 1. The fourth-order valence-corrected chi connectivity index (χ4v) is 0.745. The molecule has 1 rings (SSSR count). The lowest BCUT2D eigenvalue weighted by Crippen LogP contribution is -2.07. The van der Waals surface area contributed by atoms with Gasteiger partial charge >= 0.3 is 17.5 Å². The van der Waals surface area contributed by atoms with Crippen LogP contribution in [0, 0.1) is 10.1 Å². The summed E-state index contributed by atoms with van der Waals surface area (Å²) < 4.78 is 4.56. The van der Waals surface area contributed by atoms with Crippen LogP contribution in [0.15, 0.2) is 6.20 Å². The van der Waals surface area contributed by atoms with Gasteiger partial charge in [0, 0.05) is 0 Å². The highest BCUT2D eigenvalue weighted by atomic mass is 16.6. The van der Waals surface area contributed by atoms with Gasteiger partial charge in [0.25, 0.3) is 5.88 Å². The Morgan fingerprint density at radius 2 is 2.36 bits per heavy atom. The fraction of sp³-hybridized carbons (Fsp3) is 0.167. The highest BCUT2D eigenvalue weighted by Crippen LogP contribution is 2.15. The first-order chi connectivity index (χ1) is 6.56. The predicted molar refractivity (Wildman–Crippen MR) is 42.2 cm³/mol. The molecule has 8 heteroatoms. The van der Waals surface area contributed by atoms with Crippen molar-refractivity contribution in [3.63, 3.8) is 0 Å². The van der Waals surface area contributed by atoms with Gasteiger partial charge < -0.3 is 20.0 Å². The number of rotatable bonds is 3. The van der Waals surface area contributed by atoms with E-state index in [-0.39, 0.29) is 5.88 Å². The molecular formula is C6H5N3O5. The van der Waals surface area contributed by atoms with Crippen LogP contribution in [-0.4, -0.2) is 33.1 Å². The third-order valence-corrected chi connectivity index (χ3v) is 1.31. The standard InChI is InChI=1S/C6H5N3O5/c1-14-5-4(6(10)11)8-3(2-7-5)9(12)13/h2H,1H3,(H,10,11). The number of hydrogen-bond acceptors (Lipinski definition) is 6. The zero-order valence-corrected chi connectivity index (χ0v) is 7.00. The van der Waals surface area contributed by atoms with Gasteiger partial charge in [-0.25, -0.2) is 9.78 Å². The molecule has 0 aliphatic carbocycles. The molecule has 0 amide bonds. The molecular weight excluding hydrogens is 194 g/mol. The maximum absolute atomic E-state index is 10.6. The van der Waals surface area contributed by atoms with E-state index >= 15 is 0 Å². The largest absolute Gasteiger partial charge is 0.478 e. The Bertz CT molecular complexity index is 391. The SMILES string of the molecule is COc1ncc([N+](=O)[O-])nc1C(=O)O. The van der Waals surface area contributed by atoms with Crippen LogP contribution in [0.3, 0.4) is 0 Å². The highest BCUT2D eigenvalue weighted by Gasteiger charge is 2.23. The number of nitrogens with zero attached hydrogens (tertiary/aromatic N) is 3. The number of aromatic carboxylic acids is 1. The Morgan fingerprint density at radius 1 is 1.71 bits per heavy atom. The van der Waals surface area contributed by atoms with Crippen molar-refractivity contribution < 1.29 is 19.6 Å². The van der Waals surface area contributed by atoms with E-state index in [1.165, 1.54) is 7.11 Å². The summed E-state index contributed by atoms with van der Waals surface area (Å²) in [5.74, 6) is -2.33. The second-order valence-corrected chi connectivity index (χ2v) is 2.15. The van der Waals surface area contributed by atoms with Crippen LogP contribution < -0.4 is 4.74 Å². The van der Waals surface area contributed by atoms with Crippen LogP contribution in [0.5, 0.6) is 5.88 Å². The van der Waals surface area contributed by atoms with E-state index in [0.717, 1.165) is 6.20 Å². The van der Waals surface area contributed by atoms with Gasteiger partial charge in [0.05, 0.1) is 7.11 Å². The van der Waals surface area contributed by atoms with E-state index in [4.69, 9.17) is 5.11 Å². The van der Waals surface area contributed by atoms with Crippen molar-refractivity contribution in [3.05, 3.63) is 22.0 Å². The number of carboxylic acids is 1.